The van der Waals surface area contributed by atoms with Gasteiger partial charge in [-0.2, -0.15) is 0 Å². The minimum atomic E-state index is -0.615. The maximum Gasteiger partial charge on any atom is 0.319 e. The summed E-state index contributed by atoms with van der Waals surface area (Å²) >= 11 is 6.11. The lowest BCUT2D eigenvalue weighted by Crippen LogP contribution is -2.52. The molecule has 0 aromatic heterocycles. The molecule has 2 aromatic rings. The van der Waals surface area contributed by atoms with Gasteiger partial charge in [0.15, 0.2) is 0 Å². The molecule has 3 rings (SSSR count). The van der Waals surface area contributed by atoms with E-state index in [0.717, 1.165) is 23.2 Å². The number of nitrogens with zero attached hydrogens (tertiary/aromatic N) is 1. The van der Waals surface area contributed by atoms with E-state index in [1.54, 1.807) is 23.1 Å². The van der Waals surface area contributed by atoms with Crippen LogP contribution in [0.15, 0.2) is 42.5 Å². The molecule has 1 aliphatic rings. The molecule has 1 atom stereocenters. The fourth-order valence-corrected chi connectivity index (χ4v) is 3.47. The highest BCUT2D eigenvalue weighted by molar-refractivity contribution is 6.31. The van der Waals surface area contributed by atoms with Crippen molar-refractivity contribution in [3.8, 4) is 0 Å². The zero-order valence-corrected chi connectivity index (χ0v) is 16.5. The first kappa shape index (κ1) is 19.2. The van der Waals surface area contributed by atoms with E-state index in [9.17, 15) is 9.59 Å². The summed E-state index contributed by atoms with van der Waals surface area (Å²) in [4.78, 5) is 27.4. The Morgan fingerprint density at radius 2 is 1.85 bits per heavy atom. The summed E-state index contributed by atoms with van der Waals surface area (Å²) in [5, 5.41) is 6.21. The number of amides is 3. The third kappa shape index (κ3) is 4.08. The molecular weight excluding hydrogens is 362 g/mol. The van der Waals surface area contributed by atoms with Gasteiger partial charge >= 0.3 is 6.03 Å². The van der Waals surface area contributed by atoms with Crippen LogP contribution in [-0.4, -0.2) is 24.5 Å². The fourth-order valence-electron chi connectivity index (χ4n) is 3.29. The van der Waals surface area contributed by atoms with Gasteiger partial charge < -0.3 is 15.5 Å². The molecule has 0 bridgehead atoms. The quantitative estimate of drug-likeness (QED) is 0.820. The number of fused-ring (bicyclic) bond motifs is 1. The van der Waals surface area contributed by atoms with Crippen LogP contribution < -0.4 is 15.5 Å². The number of anilines is 2. The smallest absolute Gasteiger partial charge is 0.319 e. The Morgan fingerprint density at radius 3 is 2.59 bits per heavy atom. The van der Waals surface area contributed by atoms with Crippen LogP contribution in [0, 0.1) is 12.8 Å². The lowest BCUT2D eigenvalue weighted by molar-refractivity contribution is -0.121. The normalized spacial score (nSPS) is 14.0. The fraction of sp³-hybridized carbons (Fsp3) is 0.333. The maximum atomic E-state index is 13.1. The second-order valence-corrected chi connectivity index (χ2v) is 7.51. The second kappa shape index (κ2) is 8.01. The van der Waals surface area contributed by atoms with Crippen LogP contribution in [0.1, 0.15) is 25.0 Å². The van der Waals surface area contributed by atoms with E-state index in [4.69, 9.17) is 11.6 Å². The van der Waals surface area contributed by atoms with Crippen molar-refractivity contribution in [1.82, 2.24) is 5.32 Å². The van der Waals surface area contributed by atoms with Crippen molar-refractivity contribution >= 4 is 34.9 Å². The molecule has 0 aliphatic carbocycles. The average molecular weight is 386 g/mol. The molecule has 6 heteroatoms. The van der Waals surface area contributed by atoms with E-state index >= 15 is 0 Å². The van der Waals surface area contributed by atoms with E-state index < -0.39 is 12.1 Å². The zero-order valence-electron chi connectivity index (χ0n) is 15.8. The Hall–Kier alpha value is -2.53. The summed E-state index contributed by atoms with van der Waals surface area (Å²) < 4.78 is 0. The van der Waals surface area contributed by atoms with E-state index in [2.05, 4.69) is 10.6 Å². The second-order valence-electron chi connectivity index (χ2n) is 7.10. The molecule has 0 unspecified atom stereocenters. The Balaban J connectivity index is 1.73. The van der Waals surface area contributed by atoms with Crippen LogP contribution in [-0.2, 0) is 11.2 Å². The summed E-state index contributed by atoms with van der Waals surface area (Å²) in [5.41, 5.74) is 3.50. The van der Waals surface area contributed by atoms with Gasteiger partial charge in [-0.25, -0.2) is 4.79 Å². The highest BCUT2D eigenvalue weighted by Gasteiger charge is 2.32. The first-order valence-corrected chi connectivity index (χ1v) is 9.48. The van der Waals surface area contributed by atoms with Crippen molar-refractivity contribution in [1.29, 1.82) is 0 Å². The van der Waals surface area contributed by atoms with E-state index in [0.29, 0.717) is 17.3 Å². The largest absolute Gasteiger partial charge is 0.326 e. The molecule has 1 aliphatic heterocycles. The van der Waals surface area contributed by atoms with Gasteiger partial charge in [0.1, 0.15) is 6.04 Å². The van der Waals surface area contributed by atoms with Gasteiger partial charge in [-0.3, -0.25) is 4.79 Å². The molecule has 2 N–H and O–H groups in total. The molecular formula is C21H24ClN3O2. The minimum Gasteiger partial charge on any atom is -0.326 e. The van der Waals surface area contributed by atoms with Gasteiger partial charge in [0.2, 0.25) is 5.91 Å². The van der Waals surface area contributed by atoms with Crippen LogP contribution in [0.25, 0.3) is 0 Å². The molecule has 27 heavy (non-hydrogen) atoms. The van der Waals surface area contributed by atoms with Crippen LogP contribution >= 0.6 is 11.6 Å². The van der Waals surface area contributed by atoms with Gasteiger partial charge in [-0.05, 0) is 48.6 Å². The minimum absolute atomic E-state index is 0.0449. The van der Waals surface area contributed by atoms with Crippen molar-refractivity contribution < 1.29 is 9.59 Å². The number of nitrogens with one attached hydrogen (secondary N) is 2. The van der Waals surface area contributed by atoms with E-state index in [1.165, 1.54) is 0 Å². The SMILES string of the molecule is Cc1c(Cl)cccc1NC(=O)N[C@H](C(=O)N1CCc2ccccc21)C(C)C. The number of para-hydroxylation sites is 1. The summed E-state index contributed by atoms with van der Waals surface area (Å²) in [6.45, 7) is 6.33. The van der Waals surface area contributed by atoms with Crippen LogP contribution in [0.2, 0.25) is 5.02 Å². The first-order valence-electron chi connectivity index (χ1n) is 9.10. The van der Waals surface area contributed by atoms with Gasteiger partial charge in [-0.1, -0.05) is 49.7 Å². The van der Waals surface area contributed by atoms with E-state index in [-0.39, 0.29) is 11.8 Å². The predicted octanol–water partition coefficient (Wildman–Crippen LogP) is 4.38. The lowest BCUT2D eigenvalue weighted by Gasteiger charge is -2.27. The van der Waals surface area contributed by atoms with Crippen molar-refractivity contribution in [2.24, 2.45) is 5.92 Å². The summed E-state index contributed by atoms with van der Waals surface area (Å²) in [7, 11) is 0. The Bertz CT molecular complexity index is 866. The predicted molar refractivity (Wildman–Crippen MR) is 109 cm³/mol. The van der Waals surface area contributed by atoms with Crippen molar-refractivity contribution in [3.63, 3.8) is 0 Å². The third-order valence-corrected chi connectivity index (χ3v) is 5.30. The van der Waals surface area contributed by atoms with Gasteiger partial charge in [0.25, 0.3) is 0 Å². The molecule has 2 aromatic carbocycles. The van der Waals surface area contributed by atoms with E-state index in [1.807, 2.05) is 45.0 Å². The number of carbonyl (C=O) groups excluding carboxylic acids is 2. The van der Waals surface area contributed by atoms with Crippen molar-refractivity contribution in [3.05, 3.63) is 58.6 Å². The van der Waals surface area contributed by atoms with Crippen LogP contribution in [0.3, 0.4) is 0 Å². The number of hydrogen-bond donors (Lipinski definition) is 2. The summed E-state index contributed by atoms with van der Waals surface area (Å²) in [6.07, 6.45) is 0.834. The van der Waals surface area contributed by atoms with Crippen LogP contribution in [0.4, 0.5) is 16.2 Å². The number of hydrogen-bond acceptors (Lipinski definition) is 2. The monoisotopic (exact) mass is 385 g/mol. The number of urea groups is 1. The lowest BCUT2D eigenvalue weighted by atomic mass is 10.0. The molecule has 0 fully saturated rings. The summed E-state index contributed by atoms with van der Waals surface area (Å²) in [6, 6.07) is 12.2. The first-order chi connectivity index (χ1) is 12.9. The third-order valence-electron chi connectivity index (χ3n) is 4.89. The molecule has 0 radical (unpaired) electrons. The number of halogens is 1. The molecule has 142 valence electrons. The summed E-state index contributed by atoms with van der Waals surface area (Å²) in [5.74, 6) is -0.135. The zero-order chi connectivity index (χ0) is 19.6. The standard InChI is InChI=1S/C21H24ClN3O2/c1-13(2)19(20(26)25-12-11-15-7-4-5-10-18(15)25)24-21(27)23-17-9-6-8-16(22)14(17)3/h4-10,13,19H,11-12H2,1-3H3,(H2,23,24,27)/t19-/m0/s1. The molecule has 0 saturated carbocycles. The maximum absolute atomic E-state index is 13.1. The average Bonchev–Trinajstić information content (AvgIpc) is 3.07. The highest BCUT2D eigenvalue weighted by Crippen LogP contribution is 2.29. The number of benzene rings is 2. The molecule has 1 heterocycles. The Labute approximate surface area is 164 Å². The van der Waals surface area contributed by atoms with Gasteiger partial charge in [-0.15, -0.1) is 0 Å². The Morgan fingerprint density at radius 1 is 1.11 bits per heavy atom. The van der Waals surface area contributed by atoms with Gasteiger partial charge in [0, 0.05) is 22.9 Å². The van der Waals surface area contributed by atoms with Gasteiger partial charge in [0.05, 0.1) is 0 Å². The number of rotatable bonds is 4. The van der Waals surface area contributed by atoms with Crippen molar-refractivity contribution in [2.75, 3.05) is 16.8 Å². The van der Waals surface area contributed by atoms with Crippen LogP contribution in [0.5, 0.6) is 0 Å². The topological polar surface area (TPSA) is 61.4 Å². The molecule has 5 nitrogen and oxygen atoms in total. The highest BCUT2D eigenvalue weighted by atomic mass is 35.5. The molecule has 0 spiro atoms. The molecule has 0 saturated heterocycles. The number of carbonyl (C=O) groups is 2. The molecule has 3 amide bonds. The Kier molecular flexibility index (Phi) is 5.71. The van der Waals surface area contributed by atoms with Crippen molar-refractivity contribution in [2.45, 2.75) is 33.2 Å².